The van der Waals surface area contributed by atoms with Gasteiger partial charge in [-0.3, -0.25) is 0 Å². The predicted molar refractivity (Wildman–Crippen MR) is 67.7 cm³/mol. The average molecular weight is 224 g/mol. The van der Waals surface area contributed by atoms with Gasteiger partial charge in [-0.25, -0.2) is 4.98 Å². The van der Waals surface area contributed by atoms with E-state index in [0.717, 1.165) is 11.3 Å². The Kier molecular flexibility index (Phi) is 3.22. The van der Waals surface area contributed by atoms with E-state index in [1.165, 1.54) is 0 Å². The summed E-state index contributed by atoms with van der Waals surface area (Å²) < 4.78 is 0. The molecule has 0 radical (unpaired) electrons. The summed E-state index contributed by atoms with van der Waals surface area (Å²) in [6.07, 6.45) is 0.427. The van der Waals surface area contributed by atoms with Crippen LogP contribution in [0.2, 0.25) is 0 Å². The highest BCUT2D eigenvalue weighted by atomic mass is 15.0. The Morgan fingerprint density at radius 1 is 1.18 bits per heavy atom. The minimum Gasteiger partial charge on any atom is -0.384 e. The SMILES string of the molecule is N#CCc1ccc(Nc2cccc(N)n2)cc1. The number of benzene rings is 1. The fourth-order valence-corrected chi connectivity index (χ4v) is 1.47. The van der Waals surface area contributed by atoms with Gasteiger partial charge in [-0.05, 0) is 29.8 Å². The minimum absolute atomic E-state index is 0.427. The van der Waals surface area contributed by atoms with Crippen LogP contribution in [0.15, 0.2) is 42.5 Å². The van der Waals surface area contributed by atoms with Gasteiger partial charge in [0.1, 0.15) is 11.6 Å². The van der Waals surface area contributed by atoms with Gasteiger partial charge in [0.05, 0.1) is 12.5 Å². The quantitative estimate of drug-likeness (QED) is 0.839. The second-order valence-electron chi connectivity index (χ2n) is 3.60. The summed E-state index contributed by atoms with van der Waals surface area (Å²) in [6.45, 7) is 0. The molecule has 17 heavy (non-hydrogen) atoms. The third kappa shape index (κ3) is 2.95. The van der Waals surface area contributed by atoms with Gasteiger partial charge >= 0.3 is 0 Å². The number of nitrogens with zero attached hydrogens (tertiary/aromatic N) is 2. The number of nitriles is 1. The molecule has 84 valence electrons. The number of nitrogens with one attached hydrogen (secondary N) is 1. The highest BCUT2D eigenvalue weighted by Crippen LogP contribution is 2.16. The lowest BCUT2D eigenvalue weighted by Crippen LogP contribution is -1.96. The van der Waals surface area contributed by atoms with Gasteiger partial charge in [0.2, 0.25) is 0 Å². The molecule has 0 aliphatic carbocycles. The number of nitrogen functional groups attached to an aromatic ring is 1. The number of aromatic nitrogens is 1. The number of nitrogens with two attached hydrogens (primary N) is 1. The molecule has 3 N–H and O–H groups in total. The van der Waals surface area contributed by atoms with E-state index in [-0.39, 0.29) is 0 Å². The summed E-state index contributed by atoms with van der Waals surface area (Å²) in [7, 11) is 0. The van der Waals surface area contributed by atoms with E-state index in [9.17, 15) is 0 Å². The van der Waals surface area contributed by atoms with Crippen molar-refractivity contribution >= 4 is 17.3 Å². The molecular weight excluding hydrogens is 212 g/mol. The van der Waals surface area contributed by atoms with E-state index >= 15 is 0 Å². The number of hydrogen-bond acceptors (Lipinski definition) is 4. The zero-order chi connectivity index (χ0) is 12.1. The molecule has 4 nitrogen and oxygen atoms in total. The molecule has 4 heteroatoms. The molecule has 0 saturated heterocycles. The molecule has 2 rings (SSSR count). The van der Waals surface area contributed by atoms with E-state index in [0.29, 0.717) is 18.1 Å². The molecule has 0 spiro atoms. The first-order chi connectivity index (χ1) is 8.28. The van der Waals surface area contributed by atoms with Gasteiger partial charge in [-0.15, -0.1) is 0 Å². The van der Waals surface area contributed by atoms with Gasteiger partial charge in [-0.1, -0.05) is 18.2 Å². The van der Waals surface area contributed by atoms with Crippen LogP contribution in [0.25, 0.3) is 0 Å². The second-order valence-corrected chi connectivity index (χ2v) is 3.60. The first-order valence-electron chi connectivity index (χ1n) is 5.23. The maximum Gasteiger partial charge on any atom is 0.132 e. The van der Waals surface area contributed by atoms with Crippen LogP contribution < -0.4 is 11.1 Å². The van der Waals surface area contributed by atoms with Gasteiger partial charge in [0.25, 0.3) is 0 Å². The van der Waals surface area contributed by atoms with Crippen LogP contribution in [0.4, 0.5) is 17.3 Å². The van der Waals surface area contributed by atoms with Crippen LogP contribution >= 0.6 is 0 Å². The zero-order valence-electron chi connectivity index (χ0n) is 9.22. The standard InChI is InChI=1S/C13H12N4/c14-9-8-10-4-6-11(7-5-10)16-13-3-1-2-12(15)17-13/h1-7H,8H2,(H3,15,16,17). The van der Waals surface area contributed by atoms with Crippen LogP contribution in [0.1, 0.15) is 5.56 Å². The van der Waals surface area contributed by atoms with Gasteiger partial charge < -0.3 is 11.1 Å². The summed E-state index contributed by atoms with van der Waals surface area (Å²) in [5.74, 6) is 1.19. The lowest BCUT2D eigenvalue weighted by atomic mass is 10.1. The van der Waals surface area contributed by atoms with Crippen molar-refractivity contribution in [3.63, 3.8) is 0 Å². The highest BCUT2D eigenvalue weighted by Gasteiger charge is 1.97. The Bertz CT molecular complexity index is 540. The third-order valence-corrected chi connectivity index (χ3v) is 2.28. The fraction of sp³-hybridized carbons (Fsp3) is 0.0769. The maximum absolute atomic E-state index is 8.57. The highest BCUT2D eigenvalue weighted by molar-refractivity contribution is 5.57. The normalized spacial score (nSPS) is 9.59. The Hall–Kier alpha value is -2.54. The number of hydrogen-bond donors (Lipinski definition) is 2. The molecule has 0 unspecified atom stereocenters. The first kappa shape index (κ1) is 11.0. The average Bonchev–Trinajstić information content (AvgIpc) is 2.32. The zero-order valence-corrected chi connectivity index (χ0v) is 9.22. The van der Waals surface area contributed by atoms with Crippen molar-refractivity contribution in [2.45, 2.75) is 6.42 Å². The van der Waals surface area contributed by atoms with Crippen LogP contribution in [0.3, 0.4) is 0 Å². The summed E-state index contributed by atoms with van der Waals surface area (Å²) in [4.78, 5) is 4.14. The Morgan fingerprint density at radius 3 is 2.59 bits per heavy atom. The Balaban J connectivity index is 2.11. The first-order valence-corrected chi connectivity index (χ1v) is 5.23. The van der Waals surface area contributed by atoms with Gasteiger partial charge in [0, 0.05) is 5.69 Å². The van der Waals surface area contributed by atoms with E-state index in [2.05, 4.69) is 16.4 Å². The monoisotopic (exact) mass is 224 g/mol. The molecule has 1 aromatic carbocycles. The molecule has 2 aromatic rings. The van der Waals surface area contributed by atoms with E-state index in [1.54, 1.807) is 6.07 Å². The molecule has 1 heterocycles. The van der Waals surface area contributed by atoms with E-state index < -0.39 is 0 Å². The Labute approximate surface area is 99.7 Å². The van der Waals surface area contributed by atoms with Crippen molar-refractivity contribution in [1.82, 2.24) is 4.98 Å². The largest absolute Gasteiger partial charge is 0.384 e. The molecule has 0 fully saturated rings. The van der Waals surface area contributed by atoms with Crippen molar-refractivity contribution in [2.24, 2.45) is 0 Å². The van der Waals surface area contributed by atoms with Crippen molar-refractivity contribution < 1.29 is 0 Å². The van der Waals surface area contributed by atoms with Crippen molar-refractivity contribution in [1.29, 1.82) is 5.26 Å². The van der Waals surface area contributed by atoms with Crippen molar-refractivity contribution in [3.05, 3.63) is 48.0 Å². The lowest BCUT2D eigenvalue weighted by molar-refractivity contribution is 1.26. The van der Waals surface area contributed by atoms with E-state index in [4.69, 9.17) is 11.0 Å². The minimum atomic E-state index is 0.427. The molecule has 0 aliphatic heterocycles. The molecule has 0 atom stereocenters. The molecule has 0 amide bonds. The van der Waals surface area contributed by atoms with Crippen LogP contribution in [-0.2, 0) is 6.42 Å². The second kappa shape index (κ2) is 4.99. The number of rotatable bonds is 3. The summed E-state index contributed by atoms with van der Waals surface area (Å²) in [5.41, 5.74) is 7.51. The smallest absolute Gasteiger partial charge is 0.132 e. The summed E-state index contributed by atoms with van der Waals surface area (Å²) >= 11 is 0. The fourth-order valence-electron chi connectivity index (χ4n) is 1.47. The van der Waals surface area contributed by atoms with Crippen molar-refractivity contribution in [3.8, 4) is 6.07 Å². The third-order valence-electron chi connectivity index (χ3n) is 2.28. The molecule has 0 bridgehead atoms. The number of pyridine rings is 1. The molecular formula is C13H12N4. The predicted octanol–water partition coefficient (Wildman–Crippen LogP) is 2.47. The maximum atomic E-state index is 8.57. The van der Waals surface area contributed by atoms with E-state index in [1.807, 2.05) is 36.4 Å². The Morgan fingerprint density at radius 2 is 1.94 bits per heavy atom. The van der Waals surface area contributed by atoms with Crippen LogP contribution in [0, 0.1) is 11.3 Å². The summed E-state index contributed by atoms with van der Waals surface area (Å²) in [6, 6.07) is 15.2. The van der Waals surface area contributed by atoms with Crippen molar-refractivity contribution in [2.75, 3.05) is 11.1 Å². The van der Waals surface area contributed by atoms with Gasteiger partial charge in [0.15, 0.2) is 0 Å². The number of anilines is 3. The topological polar surface area (TPSA) is 74.7 Å². The lowest BCUT2D eigenvalue weighted by Gasteiger charge is -2.06. The van der Waals surface area contributed by atoms with Crippen LogP contribution in [-0.4, -0.2) is 4.98 Å². The summed E-state index contributed by atoms with van der Waals surface area (Å²) in [5, 5.41) is 11.7. The van der Waals surface area contributed by atoms with Gasteiger partial charge in [-0.2, -0.15) is 5.26 Å². The molecule has 0 aliphatic rings. The van der Waals surface area contributed by atoms with Crippen LogP contribution in [0.5, 0.6) is 0 Å². The molecule has 1 aromatic heterocycles. The molecule has 0 saturated carbocycles.